The summed E-state index contributed by atoms with van der Waals surface area (Å²) >= 11 is 0. The first-order valence-electron chi connectivity index (χ1n) is 3.45. The molecule has 0 saturated heterocycles. The molecule has 1 heterocycles. The number of rotatable bonds is 2. The Labute approximate surface area is 61.2 Å². The van der Waals surface area contributed by atoms with Gasteiger partial charge in [0.1, 0.15) is 0 Å². The molecule has 1 aliphatic rings. The average molecular weight is 139 g/mol. The fourth-order valence-corrected chi connectivity index (χ4v) is 1.08. The topological polar surface area (TPSA) is 36.4 Å². The molecule has 0 atom stereocenters. The van der Waals surface area contributed by atoms with Crippen LogP contribution in [0.2, 0.25) is 0 Å². The van der Waals surface area contributed by atoms with Crippen LogP contribution in [0.25, 0.3) is 0 Å². The molecule has 0 aromatic heterocycles. The van der Waals surface area contributed by atoms with Gasteiger partial charge in [0, 0.05) is 32.3 Å². The lowest BCUT2D eigenvalue weighted by Gasteiger charge is -2.17. The van der Waals surface area contributed by atoms with Gasteiger partial charge in [0.15, 0.2) is 0 Å². The van der Waals surface area contributed by atoms with Crippen molar-refractivity contribution in [1.82, 2.24) is 10.6 Å². The summed E-state index contributed by atoms with van der Waals surface area (Å²) in [6.07, 6.45) is 0.986. The van der Waals surface area contributed by atoms with Gasteiger partial charge in [-0.15, -0.1) is 0 Å². The van der Waals surface area contributed by atoms with E-state index in [2.05, 4.69) is 22.3 Å². The molecule has 3 heteroatoms. The molecule has 0 unspecified atom stereocenters. The second-order valence-electron chi connectivity index (χ2n) is 2.26. The molecule has 0 fully saturated rings. The van der Waals surface area contributed by atoms with E-state index in [1.54, 1.807) is 0 Å². The van der Waals surface area contributed by atoms with E-state index in [-0.39, 0.29) is 0 Å². The molecule has 2 N–H and O–H groups in total. The average Bonchev–Trinajstić information content (AvgIpc) is 2.04. The third kappa shape index (κ3) is 1.36. The highest BCUT2D eigenvalue weighted by Crippen LogP contribution is 2.09. The second kappa shape index (κ2) is 3.37. The molecule has 10 heavy (non-hydrogen) atoms. The Balaban J connectivity index is 2.72. The Bertz CT molecular complexity index is 160. The van der Waals surface area contributed by atoms with Crippen molar-refractivity contribution in [3.8, 4) is 0 Å². The number of nitrogens with one attached hydrogen (secondary N) is 2. The summed E-state index contributed by atoms with van der Waals surface area (Å²) in [6.45, 7) is 5.41. The van der Waals surface area contributed by atoms with Gasteiger partial charge >= 0.3 is 0 Å². The largest absolute Gasteiger partial charge is 0.389 e. The van der Waals surface area contributed by atoms with Crippen molar-refractivity contribution in [3.63, 3.8) is 0 Å². The third-order valence-corrected chi connectivity index (χ3v) is 1.68. The third-order valence-electron chi connectivity index (χ3n) is 1.68. The van der Waals surface area contributed by atoms with Crippen LogP contribution >= 0.6 is 0 Å². The number of hydrogen-bond donors (Lipinski definition) is 2. The number of likely N-dealkylation sites (N-methyl/N-ethyl adjacent to an activating group) is 1. The highest BCUT2D eigenvalue weighted by molar-refractivity contribution is 5.31. The monoisotopic (exact) mass is 139 g/mol. The van der Waals surface area contributed by atoms with Gasteiger partial charge in [0.25, 0.3) is 0 Å². The first-order chi connectivity index (χ1) is 4.88. The van der Waals surface area contributed by atoms with Crippen LogP contribution in [-0.2, 0) is 0 Å². The van der Waals surface area contributed by atoms with E-state index in [0.29, 0.717) is 0 Å². The zero-order chi connectivity index (χ0) is 7.40. The molecular formula is C7H13N3. The second-order valence-corrected chi connectivity index (χ2v) is 2.26. The minimum absolute atomic E-state index is 0.894. The lowest BCUT2D eigenvalue weighted by molar-refractivity contribution is 0.642. The van der Waals surface area contributed by atoms with Crippen molar-refractivity contribution >= 4 is 6.72 Å². The molecule has 0 spiro atoms. The molecule has 0 saturated carbocycles. The van der Waals surface area contributed by atoms with Crippen LogP contribution in [0.3, 0.4) is 0 Å². The minimum atomic E-state index is 0.894. The Morgan fingerprint density at radius 2 is 2.50 bits per heavy atom. The molecule has 0 aromatic carbocycles. The highest BCUT2D eigenvalue weighted by atomic mass is 15.0. The van der Waals surface area contributed by atoms with Crippen molar-refractivity contribution in [1.29, 1.82) is 0 Å². The molecule has 0 radical (unpaired) electrons. The molecule has 1 aliphatic heterocycles. The zero-order valence-electron chi connectivity index (χ0n) is 6.28. The maximum Gasteiger partial charge on any atom is 0.0611 e. The molecule has 0 bridgehead atoms. The van der Waals surface area contributed by atoms with Crippen LogP contribution in [0.15, 0.2) is 16.4 Å². The van der Waals surface area contributed by atoms with E-state index >= 15 is 0 Å². The van der Waals surface area contributed by atoms with Crippen LogP contribution in [0.5, 0.6) is 0 Å². The number of hydrogen-bond acceptors (Lipinski definition) is 3. The van der Waals surface area contributed by atoms with Crippen molar-refractivity contribution in [2.75, 3.05) is 20.1 Å². The lowest BCUT2D eigenvalue weighted by Crippen LogP contribution is -2.30. The normalized spacial score (nSPS) is 18.9. The SMILES string of the molecule is C=NC1=C(NC)CNCC1. The Morgan fingerprint density at radius 3 is 3.00 bits per heavy atom. The molecule has 0 aromatic rings. The van der Waals surface area contributed by atoms with E-state index < -0.39 is 0 Å². The summed E-state index contributed by atoms with van der Waals surface area (Å²) in [5, 5.41) is 6.33. The fraction of sp³-hybridized carbons (Fsp3) is 0.571. The van der Waals surface area contributed by atoms with Gasteiger partial charge in [-0.05, 0) is 6.72 Å². The van der Waals surface area contributed by atoms with Crippen molar-refractivity contribution in [2.24, 2.45) is 4.99 Å². The van der Waals surface area contributed by atoms with Crippen LogP contribution in [0.1, 0.15) is 6.42 Å². The van der Waals surface area contributed by atoms with Crippen molar-refractivity contribution in [3.05, 3.63) is 11.4 Å². The highest BCUT2D eigenvalue weighted by Gasteiger charge is 2.07. The van der Waals surface area contributed by atoms with Crippen molar-refractivity contribution < 1.29 is 0 Å². The minimum Gasteiger partial charge on any atom is -0.389 e. The molecular weight excluding hydrogens is 126 g/mol. The molecule has 56 valence electrons. The van der Waals surface area contributed by atoms with Crippen molar-refractivity contribution in [2.45, 2.75) is 6.42 Å². The zero-order valence-corrected chi connectivity index (χ0v) is 6.28. The Kier molecular flexibility index (Phi) is 2.45. The maximum atomic E-state index is 3.93. The summed E-state index contributed by atoms with van der Waals surface area (Å²) in [7, 11) is 1.91. The first-order valence-corrected chi connectivity index (χ1v) is 3.45. The van der Waals surface area contributed by atoms with E-state index in [1.165, 1.54) is 5.70 Å². The summed E-state index contributed by atoms with van der Waals surface area (Å²) < 4.78 is 0. The van der Waals surface area contributed by atoms with Gasteiger partial charge in [-0.3, -0.25) is 4.99 Å². The van der Waals surface area contributed by atoms with Crippen LogP contribution < -0.4 is 10.6 Å². The van der Waals surface area contributed by atoms with Crippen LogP contribution in [0, 0.1) is 0 Å². The summed E-state index contributed by atoms with van der Waals surface area (Å²) in [6, 6.07) is 0. The van der Waals surface area contributed by atoms with Crippen LogP contribution in [0.4, 0.5) is 0 Å². The predicted molar refractivity (Wildman–Crippen MR) is 43.1 cm³/mol. The molecule has 0 aliphatic carbocycles. The molecule has 1 rings (SSSR count). The molecule has 0 amide bonds. The van der Waals surface area contributed by atoms with Gasteiger partial charge in [0.2, 0.25) is 0 Å². The first kappa shape index (κ1) is 7.28. The molecule has 3 nitrogen and oxygen atoms in total. The van der Waals surface area contributed by atoms with Gasteiger partial charge in [0.05, 0.1) is 5.70 Å². The van der Waals surface area contributed by atoms with E-state index in [9.17, 15) is 0 Å². The summed E-state index contributed by atoms with van der Waals surface area (Å²) in [4.78, 5) is 3.93. The Morgan fingerprint density at radius 1 is 1.70 bits per heavy atom. The van der Waals surface area contributed by atoms with Gasteiger partial charge in [-0.25, -0.2) is 0 Å². The Hall–Kier alpha value is -0.830. The van der Waals surface area contributed by atoms with Gasteiger partial charge in [-0.1, -0.05) is 0 Å². The lowest BCUT2D eigenvalue weighted by atomic mass is 10.2. The fourth-order valence-electron chi connectivity index (χ4n) is 1.08. The van der Waals surface area contributed by atoms with Crippen LogP contribution in [-0.4, -0.2) is 26.9 Å². The van der Waals surface area contributed by atoms with Gasteiger partial charge in [-0.2, -0.15) is 0 Å². The van der Waals surface area contributed by atoms with E-state index in [4.69, 9.17) is 0 Å². The van der Waals surface area contributed by atoms with E-state index in [1.807, 2.05) is 7.05 Å². The summed E-state index contributed by atoms with van der Waals surface area (Å²) in [5.74, 6) is 0. The predicted octanol–water partition coefficient (Wildman–Crippen LogP) is 0.111. The number of nitrogens with zero attached hydrogens (tertiary/aromatic N) is 1. The maximum absolute atomic E-state index is 3.93. The van der Waals surface area contributed by atoms with E-state index in [0.717, 1.165) is 25.2 Å². The quantitative estimate of drug-likeness (QED) is 0.533. The standard InChI is InChI=1S/C7H13N3/c1-8-6-3-4-10-5-7(6)9-2/h9-10H,1,3-5H2,2H3. The smallest absolute Gasteiger partial charge is 0.0611 e. The number of aliphatic imine (C=N–C) groups is 1. The summed E-state index contributed by atoms with van der Waals surface area (Å²) in [5.41, 5.74) is 2.27. The van der Waals surface area contributed by atoms with Gasteiger partial charge < -0.3 is 10.6 Å².